The summed E-state index contributed by atoms with van der Waals surface area (Å²) in [6.45, 7) is 4.00. The van der Waals surface area contributed by atoms with Crippen molar-refractivity contribution in [2.75, 3.05) is 11.6 Å². The SMILES string of the molecule is CCOC(=O)c1ccc(N2N=C(C)CCC2=O)cc1. The number of ether oxygens (including phenoxy) is 1. The molecule has 0 atom stereocenters. The van der Waals surface area contributed by atoms with E-state index < -0.39 is 0 Å². The summed E-state index contributed by atoms with van der Waals surface area (Å²) in [7, 11) is 0. The second-order valence-corrected chi connectivity index (χ2v) is 4.31. The number of rotatable bonds is 3. The van der Waals surface area contributed by atoms with Gasteiger partial charge >= 0.3 is 5.97 Å². The van der Waals surface area contributed by atoms with E-state index in [1.165, 1.54) is 5.01 Å². The van der Waals surface area contributed by atoms with E-state index in [0.29, 0.717) is 30.7 Å². The van der Waals surface area contributed by atoms with Crippen molar-refractivity contribution in [2.24, 2.45) is 5.10 Å². The Morgan fingerprint density at radius 1 is 1.32 bits per heavy atom. The molecular formula is C14H16N2O3. The maximum absolute atomic E-state index is 11.8. The Morgan fingerprint density at radius 3 is 2.63 bits per heavy atom. The minimum Gasteiger partial charge on any atom is -0.462 e. The second kappa shape index (κ2) is 5.65. The Labute approximate surface area is 111 Å². The summed E-state index contributed by atoms with van der Waals surface area (Å²) in [6, 6.07) is 6.68. The van der Waals surface area contributed by atoms with Crippen LogP contribution in [-0.2, 0) is 9.53 Å². The Kier molecular flexibility index (Phi) is 3.94. The number of hydrogen-bond acceptors (Lipinski definition) is 4. The van der Waals surface area contributed by atoms with E-state index in [0.717, 1.165) is 5.71 Å². The number of amides is 1. The quantitative estimate of drug-likeness (QED) is 0.784. The summed E-state index contributed by atoms with van der Waals surface area (Å²) in [5, 5.41) is 5.61. The summed E-state index contributed by atoms with van der Waals surface area (Å²) in [6.07, 6.45) is 1.17. The molecule has 0 N–H and O–H groups in total. The first kappa shape index (κ1) is 13.3. The van der Waals surface area contributed by atoms with Gasteiger partial charge in [0.15, 0.2) is 0 Å². The molecule has 100 valence electrons. The van der Waals surface area contributed by atoms with E-state index in [2.05, 4.69) is 5.10 Å². The van der Waals surface area contributed by atoms with Gasteiger partial charge in [-0.1, -0.05) is 0 Å². The van der Waals surface area contributed by atoms with Crippen molar-refractivity contribution in [2.45, 2.75) is 26.7 Å². The van der Waals surface area contributed by atoms with Crippen LogP contribution in [-0.4, -0.2) is 24.2 Å². The van der Waals surface area contributed by atoms with E-state index in [1.807, 2.05) is 6.92 Å². The highest BCUT2D eigenvalue weighted by molar-refractivity contribution is 6.01. The first-order valence-corrected chi connectivity index (χ1v) is 6.26. The lowest BCUT2D eigenvalue weighted by molar-refractivity contribution is -0.118. The number of hydrogen-bond donors (Lipinski definition) is 0. The molecule has 0 saturated heterocycles. The lowest BCUT2D eigenvalue weighted by atomic mass is 10.1. The summed E-state index contributed by atoms with van der Waals surface area (Å²) in [5.41, 5.74) is 2.06. The molecule has 19 heavy (non-hydrogen) atoms. The van der Waals surface area contributed by atoms with E-state index in [1.54, 1.807) is 31.2 Å². The first-order chi connectivity index (χ1) is 9.11. The number of nitrogens with zero attached hydrogens (tertiary/aromatic N) is 2. The predicted molar refractivity (Wildman–Crippen MR) is 72.2 cm³/mol. The van der Waals surface area contributed by atoms with Gasteiger partial charge in [-0.3, -0.25) is 4.79 Å². The monoisotopic (exact) mass is 260 g/mol. The number of esters is 1. The molecule has 0 unspecified atom stereocenters. The topological polar surface area (TPSA) is 59.0 Å². The minimum absolute atomic E-state index is 0.0329. The maximum atomic E-state index is 11.8. The van der Waals surface area contributed by atoms with Crippen molar-refractivity contribution in [1.82, 2.24) is 0 Å². The molecule has 1 aliphatic rings. The van der Waals surface area contributed by atoms with Crippen LogP contribution in [0.1, 0.15) is 37.0 Å². The second-order valence-electron chi connectivity index (χ2n) is 4.31. The summed E-state index contributed by atoms with van der Waals surface area (Å²) in [4.78, 5) is 23.3. The smallest absolute Gasteiger partial charge is 0.338 e. The lowest BCUT2D eigenvalue weighted by Gasteiger charge is -2.22. The number of hydrazone groups is 1. The van der Waals surface area contributed by atoms with Gasteiger partial charge in [-0.15, -0.1) is 0 Å². The zero-order chi connectivity index (χ0) is 13.8. The Bertz CT molecular complexity index is 520. The highest BCUT2D eigenvalue weighted by atomic mass is 16.5. The van der Waals surface area contributed by atoms with Gasteiger partial charge < -0.3 is 4.74 Å². The van der Waals surface area contributed by atoms with Crippen LogP contribution in [0.5, 0.6) is 0 Å². The van der Waals surface area contributed by atoms with Gasteiger partial charge in [-0.25, -0.2) is 9.80 Å². The molecule has 0 radical (unpaired) electrons. The van der Waals surface area contributed by atoms with Crippen LogP contribution >= 0.6 is 0 Å². The molecule has 2 rings (SSSR count). The van der Waals surface area contributed by atoms with E-state index in [9.17, 15) is 9.59 Å². The first-order valence-electron chi connectivity index (χ1n) is 6.26. The Morgan fingerprint density at radius 2 is 2.00 bits per heavy atom. The van der Waals surface area contributed by atoms with E-state index in [4.69, 9.17) is 4.74 Å². The third kappa shape index (κ3) is 2.99. The largest absolute Gasteiger partial charge is 0.462 e. The van der Waals surface area contributed by atoms with Crippen LogP contribution in [0.4, 0.5) is 5.69 Å². The zero-order valence-corrected chi connectivity index (χ0v) is 11.0. The molecule has 1 aromatic rings. The van der Waals surface area contributed by atoms with Gasteiger partial charge in [0, 0.05) is 12.1 Å². The average molecular weight is 260 g/mol. The fourth-order valence-corrected chi connectivity index (χ4v) is 1.83. The molecule has 1 heterocycles. The Hall–Kier alpha value is -2.17. The lowest BCUT2D eigenvalue weighted by Crippen LogP contribution is -2.30. The molecule has 1 amide bonds. The van der Waals surface area contributed by atoms with Gasteiger partial charge in [-0.05, 0) is 44.5 Å². The van der Waals surface area contributed by atoms with Gasteiger partial charge in [0.05, 0.1) is 17.9 Å². The number of anilines is 1. The molecule has 5 nitrogen and oxygen atoms in total. The van der Waals surface area contributed by atoms with Gasteiger partial charge in [-0.2, -0.15) is 5.10 Å². The third-order valence-electron chi connectivity index (χ3n) is 2.83. The van der Waals surface area contributed by atoms with E-state index in [-0.39, 0.29) is 11.9 Å². The van der Waals surface area contributed by atoms with Crippen LogP contribution in [0, 0.1) is 0 Å². The molecular weight excluding hydrogens is 244 g/mol. The van der Waals surface area contributed by atoms with Crippen molar-refractivity contribution in [1.29, 1.82) is 0 Å². The fraction of sp³-hybridized carbons (Fsp3) is 0.357. The standard InChI is InChI=1S/C14H16N2O3/c1-3-19-14(18)11-5-7-12(8-6-11)16-13(17)9-4-10(2)15-16/h5-8H,3-4,9H2,1-2H3. The number of carbonyl (C=O) groups excluding carboxylic acids is 2. The van der Waals surface area contributed by atoms with E-state index >= 15 is 0 Å². The minimum atomic E-state index is -0.362. The van der Waals surface area contributed by atoms with Gasteiger partial charge in [0.25, 0.3) is 0 Å². The van der Waals surface area contributed by atoms with Crippen molar-refractivity contribution < 1.29 is 14.3 Å². The summed E-state index contributed by atoms with van der Waals surface area (Å²) < 4.78 is 4.90. The predicted octanol–water partition coefficient (Wildman–Crippen LogP) is 2.37. The summed E-state index contributed by atoms with van der Waals surface area (Å²) >= 11 is 0. The number of carbonyl (C=O) groups is 2. The molecule has 0 aromatic heterocycles. The maximum Gasteiger partial charge on any atom is 0.338 e. The summed E-state index contributed by atoms with van der Waals surface area (Å²) in [5.74, 6) is -0.395. The molecule has 5 heteroatoms. The van der Waals surface area contributed by atoms with Crippen LogP contribution in [0.2, 0.25) is 0 Å². The van der Waals surface area contributed by atoms with Crippen LogP contribution in [0.15, 0.2) is 29.4 Å². The highest BCUT2D eigenvalue weighted by Crippen LogP contribution is 2.21. The molecule has 0 saturated carbocycles. The van der Waals surface area contributed by atoms with Crippen LogP contribution < -0.4 is 5.01 Å². The normalized spacial score (nSPS) is 15.2. The third-order valence-corrected chi connectivity index (χ3v) is 2.83. The van der Waals surface area contributed by atoms with Gasteiger partial charge in [0.2, 0.25) is 5.91 Å². The molecule has 0 bridgehead atoms. The van der Waals surface area contributed by atoms with Crippen molar-refractivity contribution in [3.63, 3.8) is 0 Å². The van der Waals surface area contributed by atoms with Crippen LogP contribution in [0.3, 0.4) is 0 Å². The van der Waals surface area contributed by atoms with Crippen molar-refractivity contribution in [3.8, 4) is 0 Å². The van der Waals surface area contributed by atoms with Crippen molar-refractivity contribution in [3.05, 3.63) is 29.8 Å². The highest BCUT2D eigenvalue weighted by Gasteiger charge is 2.20. The van der Waals surface area contributed by atoms with Crippen LogP contribution in [0.25, 0.3) is 0 Å². The molecule has 0 spiro atoms. The van der Waals surface area contributed by atoms with Crippen molar-refractivity contribution >= 4 is 23.3 Å². The molecule has 1 aliphatic heterocycles. The molecule has 1 aromatic carbocycles. The fourth-order valence-electron chi connectivity index (χ4n) is 1.83. The molecule has 0 aliphatic carbocycles. The molecule has 0 fully saturated rings. The Balaban J connectivity index is 2.20. The zero-order valence-electron chi connectivity index (χ0n) is 11.0. The van der Waals surface area contributed by atoms with Gasteiger partial charge in [0.1, 0.15) is 0 Å². The average Bonchev–Trinajstić information content (AvgIpc) is 2.42. The number of benzene rings is 1.